The lowest BCUT2D eigenvalue weighted by Gasteiger charge is -2.65. The summed E-state index contributed by atoms with van der Waals surface area (Å²) in [7, 11) is 0. The first-order chi connectivity index (χ1) is 13.2. The number of rotatable bonds is 3. The van der Waals surface area contributed by atoms with Gasteiger partial charge in [-0.25, -0.2) is 0 Å². The number of carbonyl (C=O) groups is 1. The summed E-state index contributed by atoms with van der Waals surface area (Å²) in [6, 6.07) is 6.00. The van der Waals surface area contributed by atoms with Crippen LogP contribution in [-0.2, 0) is 6.54 Å². The topological polar surface area (TPSA) is 38.3 Å². The summed E-state index contributed by atoms with van der Waals surface area (Å²) in [4.78, 5) is 12.2. The zero-order valence-corrected chi connectivity index (χ0v) is 18.5. The van der Waals surface area contributed by atoms with Crippen molar-refractivity contribution < 1.29 is 9.53 Å². The van der Waals surface area contributed by atoms with Gasteiger partial charge in [0, 0.05) is 29.0 Å². The molecule has 3 heteroatoms. The fraction of sp³-hybridized carbons (Fsp3) is 0.720. The molecule has 2 fully saturated rings. The fourth-order valence-electron chi connectivity index (χ4n) is 6.77. The van der Waals surface area contributed by atoms with Crippen molar-refractivity contribution in [2.45, 2.75) is 85.8 Å². The van der Waals surface area contributed by atoms with E-state index < -0.39 is 0 Å². The zero-order valence-electron chi connectivity index (χ0n) is 18.5. The Bertz CT molecular complexity index is 785. The van der Waals surface area contributed by atoms with Gasteiger partial charge in [0.05, 0.1) is 0 Å². The SMILES string of the molecule is CCC1(C)C(C)CCC2C(C)(C)C(C)CCC21Oc1cccc2c1CNC2=O. The maximum absolute atomic E-state index is 12.2. The molecule has 154 valence electrons. The van der Waals surface area contributed by atoms with Crippen LogP contribution in [0.15, 0.2) is 18.2 Å². The molecule has 0 bridgehead atoms. The van der Waals surface area contributed by atoms with E-state index in [9.17, 15) is 4.79 Å². The van der Waals surface area contributed by atoms with Gasteiger partial charge in [-0.3, -0.25) is 4.79 Å². The molecule has 2 aliphatic carbocycles. The van der Waals surface area contributed by atoms with Crippen molar-refractivity contribution in [3.63, 3.8) is 0 Å². The van der Waals surface area contributed by atoms with E-state index in [0.717, 1.165) is 29.7 Å². The Balaban J connectivity index is 1.85. The van der Waals surface area contributed by atoms with Crippen LogP contribution in [0.4, 0.5) is 0 Å². The first kappa shape index (κ1) is 19.8. The van der Waals surface area contributed by atoms with E-state index in [-0.39, 0.29) is 22.3 Å². The maximum atomic E-state index is 12.2. The predicted molar refractivity (Wildman–Crippen MR) is 113 cm³/mol. The molecule has 1 N–H and O–H groups in total. The molecule has 0 radical (unpaired) electrons. The monoisotopic (exact) mass is 383 g/mol. The van der Waals surface area contributed by atoms with Crippen molar-refractivity contribution in [2.24, 2.45) is 28.6 Å². The van der Waals surface area contributed by atoms with Gasteiger partial charge in [0.1, 0.15) is 11.4 Å². The van der Waals surface area contributed by atoms with Gasteiger partial charge in [0.25, 0.3) is 5.91 Å². The van der Waals surface area contributed by atoms with Crippen LogP contribution in [0, 0.1) is 28.6 Å². The van der Waals surface area contributed by atoms with Crippen LogP contribution in [0.25, 0.3) is 0 Å². The molecule has 1 amide bonds. The molecular formula is C25H37NO2. The minimum absolute atomic E-state index is 0.0300. The lowest BCUT2D eigenvalue weighted by atomic mass is 9.43. The molecule has 2 saturated carbocycles. The molecule has 1 aromatic rings. The summed E-state index contributed by atoms with van der Waals surface area (Å²) in [5.74, 6) is 2.83. The average molecular weight is 384 g/mol. The molecule has 28 heavy (non-hydrogen) atoms. The molecule has 0 saturated heterocycles. The number of ether oxygens (including phenoxy) is 1. The van der Waals surface area contributed by atoms with Gasteiger partial charge in [-0.1, -0.05) is 47.6 Å². The standard InChI is InChI=1S/C25H37NO2/c1-7-24(6)17(3)11-12-21-23(4,5)16(2)13-14-25(21,24)28-20-10-8-9-18-19(20)15-26-22(18)27/h8-10,16-17,21H,7,11-15H2,1-6H3,(H,26,27). The molecule has 0 aromatic heterocycles. The molecule has 3 aliphatic rings. The highest BCUT2D eigenvalue weighted by Gasteiger charge is 2.65. The third-order valence-electron chi connectivity index (χ3n) is 9.45. The van der Waals surface area contributed by atoms with Crippen molar-refractivity contribution in [3.8, 4) is 5.75 Å². The fourth-order valence-corrected chi connectivity index (χ4v) is 6.77. The third-order valence-corrected chi connectivity index (χ3v) is 9.45. The van der Waals surface area contributed by atoms with Crippen LogP contribution in [0.5, 0.6) is 5.75 Å². The minimum atomic E-state index is -0.170. The molecule has 3 nitrogen and oxygen atoms in total. The van der Waals surface area contributed by atoms with Crippen LogP contribution >= 0.6 is 0 Å². The van der Waals surface area contributed by atoms with Crippen molar-refractivity contribution in [3.05, 3.63) is 29.3 Å². The lowest BCUT2D eigenvalue weighted by Crippen LogP contribution is -2.67. The Kier molecular flexibility index (Phi) is 4.60. The molecular weight excluding hydrogens is 346 g/mol. The first-order valence-electron chi connectivity index (χ1n) is 11.3. The highest BCUT2D eigenvalue weighted by molar-refractivity contribution is 5.99. The predicted octanol–water partition coefficient (Wildman–Crippen LogP) is 5.97. The van der Waals surface area contributed by atoms with Crippen molar-refractivity contribution >= 4 is 5.91 Å². The number of fused-ring (bicyclic) bond motifs is 2. The van der Waals surface area contributed by atoms with Gasteiger partial charge in [0.2, 0.25) is 0 Å². The maximum Gasteiger partial charge on any atom is 0.252 e. The van der Waals surface area contributed by atoms with Crippen LogP contribution in [0.3, 0.4) is 0 Å². The summed E-state index contributed by atoms with van der Waals surface area (Å²) in [6.07, 6.45) is 5.96. The quantitative estimate of drug-likeness (QED) is 0.699. The third kappa shape index (κ3) is 2.50. The average Bonchev–Trinajstić information content (AvgIpc) is 3.05. The van der Waals surface area contributed by atoms with Gasteiger partial charge in [-0.2, -0.15) is 0 Å². The normalized spacial score (nSPS) is 39.1. The summed E-state index contributed by atoms with van der Waals surface area (Å²) in [5.41, 5.74) is 2.05. The molecule has 5 unspecified atom stereocenters. The van der Waals surface area contributed by atoms with E-state index in [2.05, 4.69) is 52.9 Å². The Morgan fingerprint density at radius 1 is 1.11 bits per heavy atom. The number of amides is 1. The van der Waals surface area contributed by atoms with Gasteiger partial charge in [0.15, 0.2) is 0 Å². The second-order valence-corrected chi connectivity index (χ2v) is 10.5. The van der Waals surface area contributed by atoms with E-state index in [1.165, 1.54) is 19.3 Å². The van der Waals surface area contributed by atoms with Crippen molar-refractivity contribution in [2.75, 3.05) is 0 Å². The van der Waals surface area contributed by atoms with E-state index in [4.69, 9.17) is 4.74 Å². The Morgan fingerprint density at radius 2 is 1.86 bits per heavy atom. The molecule has 1 aromatic carbocycles. The van der Waals surface area contributed by atoms with Crippen LogP contribution in [0.1, 0.15) is 89.6 Å². The number of benzene rings is 1. The summed E-state index contributed by atoms with van der Waals surface area (Å²) < 4.78 is 7.21. The second-order valence-electron chi connectivity index (χ2n) is 10.5. The minimum Gasteiger partial charge on any atom is -0.486 e. The van der Waals surface area contributed by atoms with Gasteiger partial charge >= 0.3 is 0 Å². The zero-order chi connectivity index (χ0) is 20.3. The number of nitrogens with one attached hydrogen (secondary N) is 1. The van der Waals surface area contributed by atoms with Gasteiger partial charge in [-0.15, -0.1) is 0 Å². The highest BCUT2D eigenvalue weighted by Crippen LogP contribution is 2.65. The number of carbonyl (C=O) groups excluding carboxylic acids is 1. The molecule has 5 atom stereocenters. The first-order valence-corrected chi connectivity index (χ1v) is 11.3. The molecule has 1 heterocycles. The van der Waals surface area contributed by atoms with Gasteiger partial charge < -0.3 is 10.1 Å². The van der Waals surface area contributed by atoms with E-state index in [0.29, 0.717) is 24.3 Å². The number of hydrogen-bond acceptors (Lipinski definition) is 2. The van der Waals surface area contributed by atoms with Crippen molar-refractivity contribution in [1.82, 2.24) is 5.32 Å². The van der Waals surface area contributed by atoms with Gasteiger partial charge in [-0.05, 0) is 61.5 Å². The van der Waals surface area contributed by atoms with E-state index in [1.807, 2.05) is 12.1 Å². The smallest absolute Gasteiger partial charge is 0.252 e. The molecule has 0 spiro atoms. The Morgan fingerprint density at radius 3 is 2.57 bits per heavy atom. The summed E-state index contributed by atoms with van der Waals surface area (Å²) in [5, 5.41) is 2.98. The molecule has 1 aliphatic heterocycles. The van der Waals surface area contributed by atoms with Crippen LogP contribution in [0.2, 0.25) is 0 Å². The van der Waals surface area contributed by atoms with E-state index in [1.54, 1.807) is 0 Å². The second kappa shape index (κ2) is 6.50. The lowest BCUT2D eigenvalue weighted by molar-refractivity contribution is -0.215. The van der Waals surface area contributed by atoms with Crippen LogP contribution < -0.4 is 10.1 Å². The highest BCUT2D eigenvalue weighted by atomic mass is 16.5. The molecule has 4 rings (SSSR count). The largest absolute Gasteiger partial charge is 0.486 e. The van der Waals surface area contributed by atoms with E-state index >= 15 is 0 Å². The summed E-state index contributed by atoms with van der Waals surface area (Å²) in [6.45, 7) is 15.2. The summed E-state index contributed by atoms with van der Waals surface area (Å²) >= 11 is 0. The van der Waals surface area contributed by atoms with Crippen LogP contribution in [-0.4, -0.2) is 11.5 Å². The number of hydrogen-bond donors (Lipinski definition) is 1. The Hall–Kier alpha value is -1.51. The van der Waals surface area contributed by atoms with Crippen molar-refractivity contribution in [1.29, 1.82) is 0 Å². The Labute approximate surface area is 170 Å².